The molecule has 234 valence electrons. The zero-order valence-corrected chi connectivity index (χ0v) is 27.6. The third-order valence-corrected chi connectivity index (χ3v) is 14.5. The van der Waals surface area contributed by atoms with Crippen molar-refractivity contribution in [1.29, 1.82) is 0 Å². The van der Waals surface area contributed by atoms with Crippen molar-refractivity contribution in [2.24, 2.45) is 34.5 Å². The van der Waals surface area contributed by atoms with Crippen molar-refractivity contribution in [2.75, 3.05) is 18.2 Å². The van der Waals surface area contributed by atoms with E-state index < -0.39 is 5.41 Å². The monoisotopic (exact) mass is 632 g/mol. The Labute approximate surface area is 269 Å². The molecule has 9 rings (SSSR count). The number of nitrogens with one attached hydrogen (secondary N) is 2. The van der Waals surface area contributed by atoms with Crippen LogP contribution in [-0.4, -0.2) is 30.1 Å². The number of dihydropyridines is 1. The summed E-state index contributed by atoms with van der Waals surface area (Å²) in [5.74, 6) is 5.18. The van der Waals surface area contributed by atoms with E-state index in [4.69, 9.17) is 9.47 Å². The van der Waals surface area contributed by atoms with Crippen molar-refractivity contribution in [2.45, 2.75) is 84.5 Å². The molecule has 0 aromatic heterocycles. The van der Waals surface area contributed by atoms with E-state index in [1.165, 1.54) is 36.8 Å². The minimum atomic E-state index is -0.575. The van der Waals surface area contributed by atoms with Crippen LogP contribution in [0.1, 0.15) is 84.5 Å². The fourth-order valence-electron chi connectivity index (χ4n) is 9.93. The number of hydrogen-bond donors (Lipinski definition) is 2. The lowest BCUT2D eigenvalue weighted by Crippen LogP contribution is -2.52. The molecule has 5 atom stereocenters. The number of carbonyl (C=O) groups excluding carboxylic acids is 2. The first-order valence-corrected chi connectivity index (χ1v) is 19.4. The lowest BCUT2D eigenvalue weighted by atomic mass is 9.44. The molecule has 7 bridgehead atoms. The molecule has 0 aromatic carbocycles. The van der Waals surface area contributed by atoms with Crippen molar-refractivity contribution >= 4 is 33.5 Å². The van der Waals surface area contributed by atoms with Gasteiger partial charge in [0.05, 0.1) is 22.7 Å². The Hall–Kier alpha value is -2.32. The molecule has 0 amide bonds. The van der Waals surface area contributed by atoms with E-state index in [1.807, 2.05) is 21.6 Å². The van der Waals surface area contributed by atoms with E-state index >= 15 is 0 Å². The first kappa shape index (κ1) is 29.1. The molecule has 2 N–H and O–H groups in total. The highest BCUT2D eigenvalue weighted by Crippen LogP contribution is 2.71. The summed E-state index contributed by atoms with van der Waals surface area (Å²) in [5.41, 5.74) is 4.93. The van der Waals surface area contributed by atoms with Crippen LogP contribution in [0, 0.1) is 34.5 Å². The van der Waals surface area contributed by atoms with Gasteiger partial charge in [-0.3, -0.25) is 0 Å². The van der Waals surface area contributed by atoms with Gasteiger partial charge in [0, 0.05) is 29.4 Å². The highest BCUT2D eigenvalue weighted by molar-refractivity contribution is 8.76. The van der Waals surface area contributed by atoms with Gasteiger partial charge in [-0.1, -0.05) is 59.9 Å². The molecule has 3 fully saturated rings. The van der Waals surface area contributed by atoms with Crippen LogP contribution < -0.4 is 10.6 Å². The molecular weight excluding hydrogens is 589 g/mol. The standard InChI is InChI=1S/C36H44N2O4S2/c1-3-35(12-4-5-13-35)18-27-25-8-7-24-23-10-14-36(31(24)30(25)33(39)41-27)28-9-6-21(2)19-43-44-20-38-29-17-22(11-15-37-29)16-26(23)32(36)34(40)42-28/h9,11,17-18,21,23-24,31,37-38H,3-8,10,12-16,19-20H2,1-2H3/b27-18-,28-9-/t21-,23-,24-,31+,36-/m0/s1. The van der Waals surface area contributed by atoms with Crippen LogP contribution in [0.3, 0.4) is 0 Å². The first-order valence-electron chi connectivity index (χ1n) is 16.9. The predicted molar refractivity (Wildman–Crippen MR) is 176 cm³/mol. The van der Waals surface area contributed by atoms with Crippen molar-refractivity contribution in [1.82, 2.24) is 10.6 Å². The summed E-state index contributed by atoms with van der Waals surface area (Å²) >= 11 is 0. The van der Waals surface area contributed by atoms with E-state index in [9.17, 15) is 9.59 Å². The van der Waals surface area contributed by atoms with Crippen molar-refractivity contribution in [3.63, 3.8) is 0 Å². The molecule has 44 heavy (non-hydrogen) atoms. The molecular formula is C36H44N2O4S2. The molecule has 0 radical (unpaired) electrons. The fraction of sp³-hybridized carbons (Fsp3) is 0.611. The van der Waals surface area contributed by atoms with Gasteiger partial charge in [0.2, 0.25) is 0 Å². The molecule has 8 heteroatoms. The largest absolute Gasteiger partial charge is 0.427 e. The van der Waals surface area contributed by atoms with Gasteiger partial charge in [0.25, 0.3) is 0 Å². The van der Waals surface area contributed by atoms with E-state index in [0.717, 1.165) is 97.2 Å². The molecule has 6 nitrogen and oxygen atoms in total. The van der Waals surface area contributed by atoms with E-state index in [1.54, 1.807) is 0 Å². The summed E-state index contributed by atoms with van der Waals surface area (Å²) in [5, 5.41) is 7.03. The Morgan fingerprint density at radius 1 is 1.05 bits per heavy atom. The number of carbonyl (C=O) groups is 2. The minimum absolute atomic E-state index is 0.0603. The highest BCUT2D eigenvalue weighted by Gasteiger charge is 2.68. The number of rotatable bonds is 2. The van der Waals surface area contributed by atoms with Gasteiger partial charge < -0.3 is 20.1 Å². The Kier molecular flexibility index (Phi) is 7.40. The first-order chi connectivity index (χ1) is 21.4. The highest BCUT2D eigenvalue weighted by atomic mass is 33.1. The maximum atomic E-state index is 14.0. The number of esters is 2. The maximum absolute atomic E-state index is 14.0. The van der Waals surface area contributed by atoms with Crippen LogP contribution in [0.15, 0.2) is 69.5 Å². The second-order valence-corrected chi connectivity index (χ2v) is 16.8. The topological polar surface area (TPSA) is 76.7 Å². The number of allylic oxidation sites excluding steroid dienone is 7. The lowest BCUT2D eigenvalue weighted by Gasteiger charge is -2.56. The van der Waals surface area contributed by atoms with Crippen LogP contribution in [0.5, 0.6) is 0 Å². The third kappa shape index (κ3) is 4.51. The number of fused-ring (bicyclic) bond motifs is 2. The summed E-state index contributed by atoms with van der Waals surface area (Å²) in [4.78, 5) is 28.0. The van der Waals surface area contributed by atoms with Crippen LogP contribution >= 0.6 is 21.6 Å². The molecule has 2 saturated carbocycles. The Bertz CT molecular complexity index is 1480. The zero-order valence-electron chi connectivity index (χ0n) is 26.0. The molecule has 5 aliphatic carbocycles. The molecule has 9 aliphatic rings. The van der Waals surface area contributed by atoms with Gasteiger partial charge in [0.15, 0.2) is 0 Å². The van der Waals surface area contributed by atoms with Gasteiger partial charge in [-0.15, -0.1) is 0 Å². The summed E-state index contributed by atoms with van der Waals surface area (Å²) in [6.07, 6.45) is 20.4. The number of ether oxygens (including phenoxy) is 2. The molecule has 4 heterocycles. The SMILES string of the molecule is CCC1(/C=C2\OC(=O)C3=C2CC[C@H]2[C@@H]4CC[C@@]5(C6=C4CC4=CCNC(=C4)NCSSC[C@@H](C)C/C=C/5OC6=O)[C@@H]32)CCCC1. The zero-order chi connectivity index (χ0) is 30.1. The van der Waals surface area contributed by atoms with E-state index in [-0.39, 0.29) is 29.2 Å². The quantitative estimate of drug-likeness (QED) is 0.238. The molecule has 1 saturated heterocycles. The van der Waals surface area contributed by atoms with Gasteiger partial charge in [-0.05, 0) is 105 Å². The molecule has 1 spiro atoms. The summed E-state index contributed by atoms with van der Waals surface area (Å²) < 4.78 is 12.6. The Morgan fingerprint density at radius 3 is 2.75 bits per heavy atom. The Morgan fingerprint density at radius 2 is 1.91 bits per heavy atom. The Balaban J connectivity index is 1.28. The van der Waals surface area contributed by atoms with Crippen molar-refractivity contribution in [3.05, 3.63) is 69.5 Å². The van der Waals surface area contributed by atoms with Crippen LogP contribution in [0.25, 0.3) is 0 Å². The van der Waals surface area contributed by atoms with E-state index in [2.05, 4.69) is 48.8 Å². The summed E-state index contributed by atoms with van der Waals surface area (Å²) in [6, 6.07) is 0. The number of cyclic esters (lactones) is 1. The summed E-state index contributed by atoms with van der Waals surface area (Å²) in [6.45, 7) is 5.33. The van der Waals surface area contributed by atoms with Gasteiger partial charge >= 0.3 is 11.9 Å². The molecule has 0 unspecified atom stereocenters. The minimum Gasteiger partial charge on any atom is -0.427 e. The maximum Gasteiger partial charge on any atom is 0.340 e. The van der Waals surface area contributed by atoms with Crippen molar-refractivity contribution in [3.8, 4) is 0 Å². The summed E-state index contributed by atoms with van der Waals surface area (Å²) in [7, 11) is 3.73. The predicted octanol–water partition coefficient (Wildman–Crippen LogP) is 7.60. The fourth-order valence-corrected chi connectivity index (χ4v) is 12.1. The second-order valence-electron chi connectivity index (χ2n) is 14.3. The second kappa shape index (κ2) is 11.2. The third-order valence-electron chi connectivity index (χ3n) is 12.1. The smallest absolute Gasteiger partial charge is 0.340 e. The van der Waals surface area contributed by atoms with Gasteiger partial charge in [0.1, 0.15) is 11.5 Å². The van der Waals surface area contributed by atoms with Gasteiger partial charge in [-0.2, -0.15) is 0 Å². The molecule has 4 aliphatic heterocycles. The van der Waals surface area contributed by atoms with Crippen LogP contribution in [-0.2, 0) is 19.1 Å². The van der Waals surface area contributed by atoms with Gasteiger partial charge in [-0.25, -0.2) is 9.59 Å². The van der Waals surface area contributed by atoms with Crippen LogP contribution in [0.4, 0.5) is 0 Å². The average Bonchev–Trinajstić information content (AvgIpc) is 3.71. The molecule has 0 aromatic rings. The number of hydrogen-bond acceptors (Lipinski definition) is 8. The van der Waals surface area contributed by atoms with E-state index in [0.29, 0.717) is 11.8 Å². The van der Waals surface area contributed by atoms with Crippen molar-refractivity contribution < 1.29 is 19.1 Å². The normalized spacial score (nSPS) is 38.1. The lowest BCUT2D eigenvalue weighted by molar-refractivity contribution is -0.135. The average molecular weight is 633 g/mol. The van der Waals surface area contributed by atoms with Crippen LogP contribution in [0.2, 0.25) is 0 Å².